The van der Waals surface area contributed by atoms with Gasteiger partial charge in [0.15, 0.2) is 0 Å². The highest BCUT2D eigenvalue weighted by atomic mass is 35.5. The Morgan fingerprint density at radius 2 is 1.93 bits per heavy atom. The molecule has 0 bridgehead atoms. The van der Waals surface area contributed by atoms with Crippen LogP contribution in [0.1, 0.15) is 32.1 Å². The van der Waals surface area contributed by atoms with Gasteiger partial charge in [-0.2, -0.15) is 0 Å². The Hall–Kier alpha value is -0.280. The number of carboxylic acid groups (broad SMARTS) is 1. The van der Waals surface area contributed by atoms with Gasteiger partial charge in [0.1, 0.15) is 0 Å². The molecule has 2 rings (SSSR count). The van der Waals surface area contributed by atoms with Crippen molar-refractivity contribution in [3.05, 3.63) is 0 Å². The molecule has 1 heterocycles. The minimum atomic E-state index is -0.631. The molecule has 2 fully saturated rings. The molecular weight excluding hydrogens is 202 g/mol. The first-order chi connectivity index (χ1) is 6.20. The standard InChI is InChI=1S/C10H17NO2.ClH/c12-9(13)5-8-6-10(7-8)1-3-11-4-2-10;/h8,11H,1-7H2,(H,12,13);1H. The number of aliphatic carboxylic acids is 1. The zero-order valence-electron chi connectivity index (χ0n) is 8.29. The van der Waals surface area contributed by atoms with Crippen molar-refractivity contribution in [1.29, 1.82) is 0 Å². The molecule has 3 nitrogen and oxygen atoms in total. The molecular formula is C10H18ClNO2. The van der Waals surface area contributed by atoms with Crippen molar-refractivity contribution < 1.29 is 9.90 Å². The van der Waals surface area contributed by atoms with Crippen LogP contribution in [0.5, 0.6) is 0 Å². The van der Waals surface area contributed by atoms with Crippen LogP contribution in [0.4, 0.5) is 0 Å². The number of nitrogens with one attached hydrogen (secondary N) is 1. The van der Waals surface area contributed by atoms with Crippen molar-refractivity contribution in [3.63, 3.8) is 0 Å². The monoisotopic (exact) mass is 219 g/mol. The molecule has 0 aromatic heterocycles. The molecule has 0 radical (unpaired) electrons. The molecule has 1 saturated heterocycles. The van der Waals surface area contributed by atoms with E-state index in [9.17, 15) is 4.79 Å². The Bertz CT molecular complexity index is 206. The molecule has 1 aliphatic heterocycles. The largest absolute Gasteiger partial charge is 0.481 e. The zero-order chi connectivity index (χ0) is 9.31. The number of halogens is 1. The lowest BCUT2D eigenvalue weighted by Gasteiger charge is -2.50. The lowest BCUT2D eigenvalue weighted by atomic mass is 9.57. The van der Waals surface area contributed by atoms with Gasteiger partial charge >= 0.3 is 5.97 Å². The molecule has 0 aromatic rings. The first kappa shape index (κ1) is 11.8. The highest BCUT2D eigenvalue weighted by molar-refractivity contribution is 5.85. The summed E-state index contributed by atoms with van der Waals surface area (Å²) in [5.41, 5.74) is 0.533. The second-order valence-corrected chi connectivity index (χ2v) is 4.62. The lowest BCUT2D eigenvalue weighted by Crippen LogP contribution is -2.45. The Morgan fingerprint density at radius 3 is 2.43 bits per heavy atom. The second kappa shape index (κ2) is 4.49. The molecule has 4 heteroatoms. The Morgan fingerprint density at radius 1 is 1.36 bits per heavy atom. The van der Waals surface area contributed by atoms with Gasteiger partial charge in [-0.1, -0.05) is 0 Å². The Balaban J connectivity index is 0.000000980. The van der Waals surface area contributed by atoms with Gasteiger partial charge in [-0.3, -0.25) is 4.79 Å². The minimum absolute atomic E-state index is 0. The molecule has 0 atom stereocenters. The topological polar surface area (TPSA) is 49.3 Å². The van der Waals surface area contributed by atoms with Crippen molar-refractivity contribution in [2.45, 2.75) is 32.1 Å². The van der Waals surface area contributed by atoms with Crippen LogP contribution in [0.15, 0.2) is 0 Å². The van der Waals surface area contributed by atoms with Crippen LogP contribution in [0.25, 0.3) is 0 Å². The van der Waals surface area contributed by atoms with Crippen molar-refractivity contribution in [2.75, 3.05) is 13.1 Å². The van der Waals surface area contributed by atoms with Crippen molar-refractivity contribution in [2.24, 2.45) is 11.3 Å². The second-order valence-electron chi connectivity index (χ2n) is 4.62. The van der Waals surface area contributed by atoms with Gasteiger partial charge in [-0.05, 0) is 50.1 Å². The molecule has 1 saturated carbocycles. The molecule has 1 spiro atoms. The fourth-order valence-corrected chi connectivity index (χ4v) is 2.92. The maximum absolute atomic E-state index is 10.5. The molecule has 2 aliphatic rings. The van der Waals surface area contributed by atoms with E-state index in [0.717, 1.165) is 25.9 Å². The summed E-state index contributed by atoms with van der Waals surface area (Å²) < 4.78 is 0. The number of rotatable bonds is 2. The summed E-state index contributed by atoms with van der Waals surface area (Å²) >= 11 is 0. The molecule has 82 valence electrons. The Kier molecular flexibility index (Phi) is 3.78. The molecule has 2 N–H and O–H groups in total. The van der Waals surface area contributed by atoms with Crippen molar-refractivity contribution >= 4 is 18.4 Å². The number of carboxylic acids is 1. The Labute approximate surface area is 90.7 Å². The molecule has 14 heavy (non-hydrogen) atoms. The first-order valence-corrected chi connectivity index (χ1v) is 5.13. The van der Waals surface area contributed by atoms with Crippen LogP contribution < -0.4 is 5.32 Å². The normalized spacial score (nSPS) is 25.1. The van der Waals surface area contributed by atoms with E-state index in [4.69, 9.17) is 5.11 Å². The first-order valence-electron chi connectivity index (χ1n) is 5.13. The van der Waals surface area contributed by atoms with Gasteiger partial charge in [-0.25, -0.2) is 0 Å². The fraction of sp³-hybridized carbons (Fsp3) is 0.900. The third-order valence-corrected chi connectivity index (χ3v) is 3.57. The summed E-state index contributed by atoms with van der Waals surface area (Å²) in [7, 11) is 0. The van der Waals surface area contributed by atoms with Gasteiger partial charge in [-0.15, -0.1) is 12.4 Å². The van der Waals surface area contributed by atoms with Gasteiger partial charge in [0, 0.05) is 6.42 Å². The number of hydrogen-bond acceptors (Lipinski definition) is 2. The summed E-state index contributed by atoms with van der Waals surface area (Å²) in [5, 5.41) is 12.0. The summed E-state index contributed by atoms with van der Waals surface area (Å²) in [5.74, 6) is -0.163. The van der Waals surface area contributed by atoms with Crippen LogP contribution in [-0.4, -0.2) is 24.2 Å². The van der Waals surface area contributed by atoms with Gasteiger partial charge in [0.05, 0.1) is 0 Å². The quantitative estimate of drug-likeness (QED) is 0.743. The van der Waals surface area contributed by atoms with E-state index in [1.165, 1.54) is 12.8 Å². The van der Waals surface area contributed by atoms with Crippen LogP contribution >= 0.6 is 12.4 Å². The number of hydrogen-bond donors (Lipinski definition) is 2. The third kappa shape index (κ3) is 2.39. The summed E-state index contributed by atoms with van der Waals surface area (Å²) in [6.45, 7) is 2.25. The van der Waals surface area contributed by atoms with Gasteiger partial charge in [0.25, 0.3) is 0 Å². The lowest BCUT2D eigenvalue weighted by molar-refractivity contribution is -0.140. The fourth-order valence-electron chi connectivity index (χ4n) is 2.92. The number of piperidine rings is 1. The van der Waals surface area contributed by atoms with E-state index >= 15 is 0 Å². The molecule has 0 unspecified atom stereocenters. The van der Waals surface area contributed by atoms with Crippen LogP contribution in [0.3, 0.4) is 0 Å². The van der Waals surface area contributed by atoms with Crippen LogP contribution in [0.2, 0.25) is 0 Å². The third-order valence-electron chi connectivity index (χ3n) is 3.57. The number of carbonyl (C=O) groups is 1. The SMILES string of the molecule is Cl.O=C(O)CC1CC2(CCNCC2)C1. The highest BCUT2D eigenvalue weighted by Gasteiger charge is 2.44. The van der Waals surface area contributed by atoms with E-state index < -0.39 is 5.97 Å². The average Bonchev–Trinajstić information content (AvgIpc) is 2.02. The van der Waals surface area contributed by atoms with E-state index in [1.807, 2.05) is 0 Å². The predicted molar refractivity (Wildman–Crippen MR) is 56.8 cm³/mol. The van der Waals surface area contributed by atoms with Crippen molar-refractivity contribution in [3.8, 4) is 0 Å². The maximum atomic E-state index is 10.5. The minimum Gasteiger partial charge on any atom is -0.481 e. The van der Waals surface area contributed by atoms with Crippen molar-refractivity contribution in [1.82, 2.24) is 5.32 Å². The molecule has 1 aliphatic carbocycles. The maximum Gasteiger partial charge on any atom is 0.303 e. The van der Waals surface area contributed by atoms with E-state index in [0.29, 0.717) is 17.8 Å². The zero-order valence-corrected chi connectivity index (χ0v) is 9.11. The van der Waals surface area contributed by atoms with E-state index in [-0.39, 0.29) is 12.4 Å². The van der Waals surface area contributed by atoms with E-state index in [1.54, 1.807) is 0 Å². The van der Waals surface area contributed by atoms with Gasteiger partial charge in [0.2, 0.25) is 0 Å². The average molecular weight is 220 g/mol. The smallest absolute Gasteiger partial charge is 0.303 e. The molecule has 0 amide bonds. The summed E-state index contributed by atoms with van der Waals surface area (Å²) in [6.07, 6.45) is 5.20. The van der Waals surface area contributed by atoms with Crippen LogP contribution in [-0.2, 0) is 4.79 Å². The predicted octanol–water partition coefficient (Wildman–Crippen LogP) is 1.66. The molecule has 0 aromatic carbocycles. The summed E-state index contributed by atoms with van der Waals surface area (Å²) in [6, 6.07) is 0. The summed E-state index contributed by atoms with van der Waals surface area (Å²) in [4.78, 5) is 10.5. The van der Waals surface area contributed by atoms with E-state index in [2.05, 4.69) is 5.32 Å². The van der Waals surface area contributed by atoms with Crippen LogP contribution in [0, 0.1) is 11.3 Å². The van der Waals surface area contributed by atoms with Gasteiger partial charge < -0.3 is 10.4 Å². The highest BCUT2D eigenvalue weighted by Crippen LogP contribution is 2.52.